The van der Waals surface area contributed by atoms with Crippen LogP contribution in [0, 0.1) is 180 Å². The molecule has 5 aliphatic heterocycles. The molecule has 0 spiro atoms. The number of nitrogens with zero attached hydrogens (tertiary/aromatic N) is 4. The van der Waals surface area contributed by atoms with E-state index in [1.54, 1.807) is 0 Å². The molecule has 5 aromatic heterocycles. The number of hydrogen-bond donors (Lipinski definition) is 4. The van der Waals surface area contributed by atoms with E-state index in [1.165, 1.54) is 0 Å². The lowest BCUT2D eigenvalue weighted by atomic mass is 9.69. The van der Waals surface area contributed by atoms with Crippen LogP contribution in [0.4, 0.5) is 137 Å². The van der Waals surface area contributed by atoms with Gasteiger partial charge in [-0.3, -0.25) is 4.99 Å². The maximum atomic E-state index is 17.1. The van der Waals surface area contributed by atoms with Gasteiger partial charge in [0.15, 0.2) is 140 Å². The average Bonchev–Trinajstić information content (AvgIpc) is 1.52. The summed E-state index contributed by atoms with van der Waals surface area (Å²) in [6.45, 7) is 0. The summed E-state index contributed by atoms with van der Waals surface area (Å²) in [6.07, 6.45) is 2.90. The van der Waals surface area contributed by atoms with Crippen LogP contribution in [0.1, 0.15) is 56.5 Å². The van der Waals surface area contributed by atoms with Gasteiger partial charge >= 0.3 is 0 Å². The molecule has 38 heteroatoms. The average molecular weight is 1610 g/mol. The first kappa shape index (κ1) is 72.2. The second-order valence-corrected chi connectivity index (χ2v) is 25.8. The summed E-state index contributed by atoms with van der Waals surface area (Å²) >= 11 is 0. The Morgan fingerprint density at radius 2 is 0.684 bits per heavy atom. The van der Waals surface area contributed by atoms with Crippen molar-refractivity contribution >= 4 is 73.8 Å². The molecule has 572 valence electrons. The van der Waals surface area contributed by atoms with Gasteiger partial charge in [0.05, 0.1) is 84.5 Å². The summed E-state index contributed by atoms with van der Waals surface area (Å²) in [4.78, 5) is 27.3. The molecular weight excluding hydrogens is 1590 g/mol. The lowest BCUT2D eigenvalue weighted by molar-refractivity contribution is 0.376. The maximum Gasteiger partial charge on any atom is 0.200 e. The Kier molecular flexibility index (Phi) is 15.6. The molecule has 2 atom stereocenters. The van der Waals surface area contributed by atoms with Gasteiger partial charge in [0.25, 0.3) is 0 Å². The highest BCUT2D eigenvalue weighted by atomic mass is 19.2. The van der Waals surface area contributed by atoms with Crippen LogP contribution in [0.5, 0.6) is 0 Å². The molecule has 0 radical (unpaired) electrons. The van der Waals surface area contributed by atoms with Gasteiger partial charge < -0.3 is 19.9 Å². The Morgan fingerprint density at radius 1 is 0.289 bits per heavy atom. The first-order valence-corrected chi connectivity index (χ1v) is 31.9. The van der Waals surface area contributed by atoms with Crippen molar-refractivity contribution in [2.24, 2.45) is 20.9 Å². The molecule has 18 rings (SSSR count). The van der Waals surface area contributed by atoms with E-state index in [0.717, 1.165) is 6.08 Å². The first-order chi connectivity index (χ1) is 54.1. The summed E-state index contributed by atoms with van der Waals surface area (Å²) < 4.78 is 485. The molecule has 2 aliphatic carbocycles. The van der Waals surface area contributed by atoms with Crippen molar-refractivity contribution in [3.8, 4) is 44.5 Å². The maximum absolute atomic E-state index is 17.1. The van der Waals surface area contributed by atoms with Gasteiger partial charge in [-0.15, -0.1) is 0 Å². The van der Waals surface area contributed by atoms with Crippen molar-refractivity contribution in [2.45, 2.75) is 5.92 Å². The molecule has 10 heterocycles. The number of aliphatic imine (C=N–C) groups is 3. The smallest absolute Gasteiger partial charge is 0.200 e. The number of aromatic amines is 4. The summed E-state index contributed by atoms with van der Waals surface area (Å²) in [6, 6.07) is 4.29. The predicted molar refractivity (Wildman–Crippen MR) is 341 cm³/mol. The number of H-pyrrole nitrogens is 4. The van der Waals surface area contributed by atoms with Gasteiger partial charge in [0, 0.05) is 101 Å². The highest BCUT2D eigenvalue weighted by Crippen LogP contribution is 2.58. The normalized spacial score (nSPS) is 15.7. The number of benzene rings is 6. The molecule has 4 N–H and O–H groups in total. The van der Waals surface area contributed by atoms with Crippen molar-refractivity contribution < 1.29 is 132 Å². The van der Waals surface area contributed by atoms with E-state index in [9.17, 15) is 8.78 Å². The van der Waals surface area contributed by atoms with E-state index in [-0.39, 0.29) is 0 Å². The molecular formula is C76H18F30N8. The topological polar surface area (TPSA) is 113 Å². The van der Waals surface area contributed by atoms with Crippen molar-refractivity contribution in [3.63, 3.8) is 0 Å². The Bertz CT molecular complexity index is 6950. The summed E-state index contributed by atoms with van der Waals surface area (Å²) in [5.41, 5.74) is -37.5. The lowest BCUT2D eigenvalue weighted by Gasteiger charge is -2.33. The van der Waals surface area contributed by atoms with E-state index in [0.29, 0.717) is 66.8 Å². The fraction of sp³-hybridized carbons (Fsp3) is 0.0263. The Balaban J connectivity index is 1.10. The van der Waals surface area contributed by atoms with E-state index in [2.05, 4.69) is 39.9 Å². The van der Waals surface area contributed by atoms with Crippen LogP contribution in [-0.2, 0) is 0 Å². The van der Waals surface area contributed by atoms with Crippen molar-refractivity contribution in [1.82, 2.24) is 24.9 Å². The van der Waals surface area contributed by atoms with Crippen LogP contribution in [0.2, 0.25) is 0 Å². The molecule has 0 fully saturated rings. The number of hydrogen-bond acceptors (Lipinski definition) is 4. The Labute approximate surface area is 607 Å². The van der Waals surface area contributed by atoms with Crippen molar-refractivity contribution in [3.05, 3.63) is 308 Å². The molecule has 8 nitrogen and oxygen atoms in total. The fourth-order valence-corrected chi connectivity index (χ4v) is 15.1. The lowest BCUT2D eigenvalue weighted by Crippen LogP contribution is -2.34. The highest BCUT2D eigenvalue weighted by Gasteiger charge is 2.50. The molecule has 0 amide bonds. The fourth-order valence-electron chi connectivity index (χ4n) is 15.1. The van der Waals surface area contributed by atoms with E-state index < -0.39 is 365 Å². The van der Waals surface area contributed by atoms with Crippen LogP contribution in [0.15, 0.2) is 87.1 Å². The van der Waals surface area contributed by atoms with Crippen LogP contribution in [0.25, 0.3) is 95.4 Å². The van der Waals surface area contributed by atoms with E-state index in [1.807, 2.05) is 0 Å². The minimum atomic E-state index is -2.85. The highest BCUT2D eigenvalue weighted by molar-refractivity contribution is 6.53. The number of allylic oxidation sites excluding steroid dienone is 4. The molecule has 7 aliphatic rings. The Morgan fingerprint density at radius 3 is 1.15 bits per heavy atom. The van der Waals surface area contributed by atoms with Crippen molar-refractivity contribution in [1.29, 1.82) is 0 Å². The molecule has 6 aromatic carbocycles. The third-order valence-electron chi connectivity index (χ3n) is 20.0. The second kappa shape index (κ2) is 24.6. The largest absolute Gasteiger partial charge is 0.357 e. The SMILES string of the molecule is Fc1c(F)c(F)c(C2=C3C=CC(=N3)C(c3c(F)c(F)c(F)c(F)c3F)=c3ccc([nH]3)=C(c3c(F)c(F)c(F)c(F)c3F)C3=CC4C(=N3)C3=Nc5cc3c3c6[nH]c(cc6-c6cc2[nH]c6C34)c(-c2c(F)c(F)c(F)c(F)c2F)c2nc(c(-c3c(F)c(F)c(F)c(F)c3F)c3ccc([nH]3)c5-c3c(F)c(F)c(F)c(F)c3F)C=C2)c(F)c1F. The molecule has 16 bridgehead atoms. The zero-order valence-electron chi connectivity index (χ0n) is 54.2. The molecule has 0 saturated heterocycles. The van der Waals surface area contributed by atoms with Crippen LogP contribution in [-0.4, -0.2) is 42.1 Å². The van der Waals surface area contributed by atoms with E-state index >= 15 is 123 Å². The Hall–Kier alpha value is -13.3. The summed E-state index contributed by atoms with van der Waals surface area (Å²) in [7, 11) is 0. The minimum absolute atomic E-state index is 0.531. The van der Waals surface area contributed by atoms with Gasteiger partial charge in [-0.05, 0) is 78.4 Å². The standard InChI is InChI=1S/C76H18F30N8/c77-43-37(44(78)56(90)67(101)55(43)89)31-17-1-5-21(107-17)33(39-47(81)59(93)69(103)60(94)48(39)82)25-9-13-14-10-26-34(40-49(83)61(95)70(104)62(96)50(40)84)22-6-2-18(108-22)32(38-45(79)57(91)68(102)58(92)46(38)80)20-4-8-24(110-20)36(42-53(87)65(99)72(106)66(100)54(42)88)28-12-16-30(74(14)112-26)29(73(13)111-25)15-11-27(113-75(15)76(16)114-28)35(23-7-3-19(31)109-23)41-51(85)63(97)71(105)64(98)52(41)86/h1-12,15,29,109-112H. The molecule has 0 saturated carbocycles. The van der Waals surface area contributed by atoms with Gasteiger partial charge in [-0.25, -0.2) is 147 Å². The minimum Gasteiger partial charge on any atom is -0.357 e. The first-order valence-electron chi connectivity index (χ1n) is 31.9. The number of aromatic nitrogens is 5. The number of rotatable bonds is 6. The zero-order chi connectivity index (χ0) is 81.1. The van der Waals surface area contributed by atoms with Gasteiger partial charge in [0.1, 0.15) is 0 Å². The summed E-state index contributed by atoms with van der Waals surface area (Å²) in [5, 5.41) is -2.17. The number of nitrogens with one attached hydrogen (secondary N) is 4. The number of fused-ring (bicyclic) bond motifs is 12. The number of halogens is 30. The van der Waals surface area contributed by atoms with Crippen molar-refractivity contribution in [2.75, 3.05) is 0 Å². The van der Waals surface area contributed by atoms with Gasteiger partial charge in [0.2, 0.25) is 34.9 Å². The zero-order valence-corrected chi connectivity index (χ0v) is 54.2. The monoisotopic (exact) mass is 1610 g/mol. The third-order valence-corrected chi connectivity index (χ3v) is 20.0. The van der Waals surface area contributed by atoms with Crippen LogP contribution >= 0.6 is 0 Å². The molecule has 2 unspecified atom stereocenters. The second-order valence-electron chi connectivity index (χ2n) is 25.8. The van der Waals surface area contributed by atoms with E-state index in [4.69, 9.17) is 0 Å². The summed E-state index contributed by atoms with van der Waals surface area (Å²) in [5.74, 6) is -87.3. The van der Waals surface area contributed by atoms with Crippen LogP contribution < -0.4 is 10.7 Å². The van der Waals surface area contributed by atoms with Gasteiger partial charge in [-0.2, -0.15) is 0 Å². The quantitative estimate of drug-likeness (QED) is 0.0742. The van der Waals surface area contributed by atoms with Crippen LogP contribution in [0.3, 0.4) is 0 Å². The molecule has 11 aromatic rings. The van der Waals surface area contributed by atoms with Gasteiger partial charge in [-0.1, -0.05) is 0 Å². The third kappa shape index (κ3) is 9.51. The predicted octanol–water partition coefficient (Wildman–Crippen LogP) is 20.0. The molecule has 114 heavy (non-hydrogen) atoms.